The molecule has 4 unspecified atom stereocenters. The lowest BCUT2D eigenvalue weighted by Gasteiger charge is -2.48. The van der Waals surface area contributed by atoms with Crippen molar-refractivity contribution in [1.82, 2.24) is 14.6 Å². The SMILES string of the molecule is Cl.Cl.O=C(C1CSC23C=CC=CC2N(Cl)CCC13)N1CCCNCC1. The summed E-state index contributed by atoms with van der Waals surface area (Å²) in [5.74, 6) is 1.83. The highest BCUT2D eigenvalue weighted by molar-refractivity contribution is 8.01. The molecule has 0 aromatic carbocycles. The lowest BCUT2D eigenvalue weighted by Crippen LogP contribution is -2.56. The summed E-state index contributed by atoms with van der Waals surface area (Å²) in [6, 6.07) is 0.210. The largest absolute Gasteiger partial charge is 0.341 e. The van der Waals surface area contributed by atoms with E-state index in [4.69, 9.17) is 11.8 Å². The normalized spacial score (nSPS) is 37.3. The molecule has 0 radical (unpaired) electrons. The van der Waals surface area contributed by atoms with E-state index in [0.717, 1.165) is 51.3 Å². The summed E-state index contributed by atoms with van der Waals surface area (Å²) >= 11 is 8.42. The first-order chi connectivity index (χ1) is 11.2. The van der Waals surface area contributed by atoms with Gasteiger partial charge in [0.05, 0.1) is 16.7 Å². The first-order valence-corrected chi connectivity index (χ1v) is 9.97. The van der Waals surface area contributed by atoms with Crippen molar-refractivity contribution in [3.63, 3.8) is 0 Å². The van der Waals surface area contributed by atoms with Crippen LogP contribution in [0.25, 0.3) is 0 Å². The Balaban J connectivity index is 0.00000113. The second kappa shape index (κ2) is 8.85. The van der Waals surface area contributed by atoms with E-state index in [0.29, 0.717) is 11.8 Å². The number of carbonyl (C=O) groups is 1. The Kier molecular flexibility index (Phi) is 7.57. The van der Waals surface area contributed by atoms with Crippen LogP contribution in [0.4, 0.5) is 0 Å². The third kappa shape index (κ3) is 3.74. The number of thioether (sulfide) groups is 1. The first-order valence-electron chi connectivity index (χ1n) is 8.64. The zero-order valence-electron chi connectivity index (χ0n) is 14.1. The number of rotatable bonds is 1. The van der Waals surface area contributed by atoms with Gasteiger partial charge in [-0.1, -0.05) is 24.3 Å². The molecule has 3 aliphatic heterocycles. The van der Waals surface area contributed by atoms with Crippen LogP contribution < -0.4 is 5.32 Å². The zero-order chi connectivity index (χ0) is 15.9. The summed E-state index contributed by atoms with van der Waals surface area (Å²) in [4.78, 5) is 15.2. The van der Waals surface area contributed by atoms with E-state index >= 15 is 0 Å². The molecule has 4 atom stereocenters. The van der Waals surface area contributed by atoms with Crippen molar-refractivity contribution in [2.75, 3.05) is 38.5 Å². The Labute approximate surface area is 171 Å². The van der Waals surface area contributed by atoms with Crippen LogP contribution in [-0.4, -0.2) is 64.5 Å². The molecule has 8 heteroatoms. The second-order valence-electron chi connectivity index (χ2n) is 6.91. The quantitative estimate of drug-likeness (QED) is 0.654. The Morgan fingerprint density at radius 2 is 2.04 bits per heavy atom. The molecule has 1 amide bonds. The number of nitrogens with zero attached hydrogens (tertiary/aromatic N) is 2. The number of halogens is 3. The molecule has 1 spiro atoms. The van der Waals surface area contributed by atoms with E-state index < -0.39 is 0 Å². The zero-order valence-corrected chi connectivity index (χ0v) is 17.3. The maximum atomic E-state index is 13.2. The molecule has 0 aromatic heterocycles. The monoisotopic (exact) mass is 425 g/mol. The van der Waals surface area contributed by atoms with E-state index in [1.54, 1.807) is 0 Å². The molecule has 25 heavy (non-hydrogen) atoms. The van der Waals surface area contributed by atoms with Crippen molar-refractivity contribution < 1.29 is 4.79 Å². The number of amides is 1. The standard InChI is InChI=1S/C17H24ClN3OS.2ClH/c18-21-10-5-14-13(16(22)20-9-3-7-19-8-11-20)12-23-17(14)6-2-1-4-15(17)21;;/h1-2,4,6,13-15,19H,3,5,7-12H2;2*1H. The van der Waals surface area contributed by atoms with Crippen LogP contribution in [0.2, 0.25) is 0 Å². The molecule has 3 saturated heterocycles. The molecular formula is C17H26Cl3N3OS. The highest BCUT2D eigenvalue weighted by Crippen LogP contribution is 2.56. The topological polar surface area (TPSA) is 35.6 Å². The average Bonchev–Trinajstić information content (AvgIpc) is 2.75. The summed E-state index contributed by atoms with van der Waals surface area (Å²) in [7, 11) is 0. The van der Waals surface area contributed by atoms with Crippen LogP contribution >= 0.6 is 48.4 Å². The molecule has 142 valence electrons. The van der Waals surface area contributed by atoms with Gasteiger partial charge in [0.1, 0.15) is 0 Å². The van der Waals surface area contributed by atoms with Gasteiger partial charge in [0, 0.05) is 31.9 Å². The van der Waals surface area contributed by atoms with E-state index in [1.807, 2.05) is 16.2 Å². The highest BCUT2D eigenvalue weighted by atomic mass is 35.5. The summed E-state index contributed by atoms with van der Waals surface area (Å²) in [5.41, 5.74) is 0. The van der Waals surface area contributed by atoms with Gasteiger partial charge in [-0.15, -0.1) is 36.6 Å². The van der Waals surface area contributed by atoms with Crippen molar-refractivity contribution in [3.8, 4) is 0 Å². The van der Waals surface area contributed by atoms with Crippen LogP contribution in [0.1, 0.15) is 12.8 Å². The number of allylic oxidation sites excluding steroid dienone is 2. The summed E-state index contributed by atoms with van der Waals surface area (Å²) in [6.07, 6.45) is 10.8. The highest BCUT2D eigenvalue weighted by Gasteiger charge is 2.58. The number of nitrogens with one attached hydrogen (secondary N) is 1. The van der Waals surface area contributed by atoms with E-state index in [-0.39, 0.29) is 41.5 Å². The molecular weight excluding hydrogens is 401 g/mol. The number of hydrogen-bond donors (Lipinski definition) is 1. The third-order valence-corrected chi connectivity index (χ3v) is 7.81. The maximum absolute atomic E-state index is 13.2. The van der Waals surface area contributed by atoms with E-state index in [1.165, 1.54) is 0 Å². The maximum Gasteiger partial charge on any atom is 0.226 e. The van der Waals surface area contributed by atoms with Crippen molar-refractivity contribution >= 4 is 54.3 Å². The van der Waals surface area contributed by atoms with Crippen molar-refractivity contribution in [3.05, 3.63) is 24.3 Å². The second-order valence-corrected chi connectivity index (χ2v) is 8.67. The summed E-state index contributed by atoms with van der Waals surface area (Å²) in [6.45, 7) is 4.55. The van der Waals surface area contributed by atoms with Crippen LogP contribution in [0.5, 0.6) is 0 Å². The van der Waals surface area contributed by atoms with E-state index in [9.17, 15) is 4.79 Å². The molecule has 4 rings (SSSR count). The lowest BCUT2D eigenvalue weighted by molar-refractivity contribution is -0.136. The fraction of sp³-hybridized carbons (Fsp3) is 0.706. The summed E-state index contributed by atoms with van der Waals surface area (Å²) < 4.78 is 1.92. The fourth-order valence-electron chi connectivity index (χ4n) is 4.56. The third-order valence-electron chi connectivity index (χ3n) is 5.73. The van der Waals surface area contributed by atoms with Crippen LogP contribution in [0.3, 0.4) is 0 Å². The van der Waals surface area contributed by atoms with E-state index in [2.05, 4.69) is 34.5 Å². The molecule has 0 aromatic rings. The summed E-state index contributed by atoms with van der Waals surface area (Å²) in [5, 5.41) is 3.39. The van der Waals surface area contributed by atoms with Gasteiger partial charge < -0.3 is 10.2 Å². The molecule has 3 heterocycles. The van der Waals surface area contributed by atoms with Gasteiger partial charge in [-0.2, -0.15) is 0 Å². The Morgan fingerprint density at radius 3 is 2.88 bits per heavy atom. The molecule has 3 fully saturated rings. The number of piperidine rings is 1. The van der Waals surface area contributed by atoms with Gasteiger partial charge in [-0.25, -0.2) is 4.42 Å². The van der Waals surface area contributed by atoms with Crippen LogP contribution in [0, 0.1) is 11.8 Å². The Hall–Kier alpha value is 0.0900. The van der Waals surface area contributed by atoms with Crippen LogP contribution in [0.15, 0.2) is 24.3 Å². The van der Waals surface area contributed by atoms with Crippen molar-refractivity contribution in [2.45, 2.75) is 23.6 Å². The molecule has 1 N–H and O–H groups in total. The smallest absolute Gasteiger partial charge is 0.226 e. The number of carbonyl (C=O) groups excluding carboxylic acids is 1. The molecule has 0 bridgehead atoms. The van der Waals surface area contributed by atoms with Crippen LogP contribution in [-0.2, 0) is 4.79 Å². The minimum Gasteiger partial charge on any atom is -0.341 e. The van der Waals surface area contributed by atoms with Gasteiger partial charge >= 0.3 is 0 Å². The Bertz CT molecular complexity index is 539. The van der Waals surface area contributed by atoms with Gasteiger partial charge in [-0.05, 0) is 37.1 Å². The Morgan fingerprint density at radius 1 is 1.20 bits per heavy atom. The average molecular weight is 427 g/mol. The molecule has 4 nitrogen and oxygen atoms in total. The predicted octanol–water partition coefficient (Wildman–Crippen LogP) is 2.72. The van der Waals surface area contributed by atoms with Gasteiger partial charge in [0.25, 0.3) is 0 Å². The first kappa shape index (κ1) is 21.4. The van der Waals surface area contributed by atoms with Crippen molar-refractivity contribution in [2.24, 2.45) is 11.8 Å². The minimum absolute atomic E-state index is 0. The van der Waals surface area contributed by atoms with Gasteiger partial charge in [-0.3, -0.25) is 4.79 Å². The molecule has 4 aliphatic rings. The van der Waals surface area contributed by atoms with Gasteiger partial charge in [0.2, 0.25) is 5.91 Å². The minimum atomic E-state index is -0.0147. The predicted molar refractivity (Wildman–Crippen MR) is 110 cm³/mol. The van der Waals surface area contributed by atoms with Gasteiger partial charge in [0.15, 0.2) is 0 Å². The molecule has 0 saturated carbocycles. The number of hydrogen-bond acceptors (Lipinski definition) is 4. The fourth-order valence-corrected chi connectivity index (χ4v) is 6.83. The lowest BCUT2D eigenvalue weighted by atomic mass is 9.72. The van der Waals surface area contributed by atoms with Crippen molar-refractivity contribution in [1.29, 1.82) is 0 Å². The molecule has 1 aliphatic carbocycles.